The fraction of sp³-hybridized carbons (Fsp3) is 0.375. The summed E-state index contributed by atoms with van der Waals surface area (Å²) in [5.74, 6) is 0.690. The first-order valence-corrected chi connectivity index (χ1v) is 7.50. The molecule has 21 heavy (non-hydrogen) atoms. The van der Waals surface area contributed by atoms with Crippen molar-refractivity contribution in [3.8, 4) is 0 Å². The second-order valence-electron chi connectivity index (χ2n) is 5.55. The molecule has 3 aromatic rings. The summed E-state index contributed by atoms with van der Waals surface area (Å²) in [6.45, 7) is 0.849. The van der Waals surface area contributed by atoms with Gasteiger partial charge in [0.1, 0.15) is 0 Å². The van der Waals surface area contributed by atoms with Gasteiger partial charge in [0, 0.05) is 35.6 Å². The fourth-order valence-electron chi connectivity index (χ4n) is 3.28. The van der Waals surface area contributed by atoms with Crippen LogP contribution in [-0.4, -0.2) is 21.7 Å². The molecule has 1 aliphatic rings. The maximum Gasteiger partial charge on any atom is 0.227 e. The normalized spacial score (nSPS) is 18.0. The lowest BCUT2D eigenvalue weighted by Gasteiger charge is -2.23. The van der Waals surface area contributed by atoms with Gasteiger partial charge in [-0.05, 0) is 30.9 Å². The van der Waals surface area contributed by atoms with Gasteiger partial charge in [-0.25, -0.2) is 0 Å². The van der Waals surface area contributed by atoms with Crippen molar-refractivity contribution in [3.05, 3.63) is 47.7 Å². The van der Waals surface area contributed by atoms with Crippen LogP contribution in [0.15, 0.2) is 35.1 Å². The number of aryl methyl sites for hydroxylation is 1. The Morgan fingerprint density at radius 2 is 2.29 bits per heavy atom. The quantitative estimate of drug-likeness (QED) is 0.772. The molecule has 4 rings (SSSR count). The van der Waals surface area contributed by atoms with Crippen molar-refractivity contribution >= 4 is 10.9 Å². The van der Waals surface area contributed by atoms with Crippen LogP contribution in [0.2, 0.25) is 0 Å². The number of benzene rings is 1. The fourth-order valence-corrected chi connectivity index (χ4v) is 3.28. The molecule has 108 valence electrons. The average molecular weight is 282 g/mol. The van der Waals surface area contributed by atoms with E-state index in [1.807, 2.05) is 0 Å². The van der Waals surface area contributed by atoms with Crippen molar-refractivity contribution in [2.75, 3.05) is 6.54 Å². The second kappa shape index (κ2) is 5.33. The minimum atomic E-state index is 0.393. The first-order valence-electron chi connectivity index (χ1n) is 7.50. The molecule has 1 aliphatic carbocycles. The first-order chi connectivity index (χ1) is 10.4. The second-order valence-corrected chi connectivity index (χ2v) is 5.55. The Hall–Kier alpha value is -2.14. The van der Waals surface area contributed by atoms with Crippen LogP contribution in [0.25, 0.3) is 10.9 Å². The molecule has 2 aromatic heterocycles. The smallest absolute Gasteiger partial charge is 0.227 e. The predicted octanol–water partition coefficient (Wildman–Crippen LogP) is 2.76. The summed E-state index contributed by atoms with van der Waals surface area (Å²) in [7, 11) is 0. The number of hydrogen-bond acceptors (Lipinski definition) is 4. The molecule has 0 spiro atoms. The third kappa shape index (κ3) is 2.34. The van der Waals surface area contributed by atoms with Crippen LogP contribution in [0.5, 0.6) is 0 Å². The summed E-state index contributed by atoms with van der Waals surface area (Å²) >= 11 is 0. The molecular formula is C16H18N4O. The van der Waals surface area contributed by atoms with Crippen LogP contribution in [0.1, 0.15) is 36.0 Å². The molecule has 1 atom stereocenters. The summed E-state index contributed by atoms with van der Waals surface area (Å²) in [4.78, 5) is 7.65. The lowest BCUT2D eigenvalue weighted by molar-refractivity contribution is 0.367. The average Bonchev–Trinajstić information content (AvgIpc) is 3.15. The van der Waals surface area contributed by atoms with Gasteiger partial charge in [-0.3, -0.25) is 0 Å². The molecule has 0 aliphatic heterocycles. The lowest BCUT2D eigenvalue weighted by atomic mass is 9.91. The van der Waals surface area contributed by atoms with E-state index in [0.717, 1.165) is 13.0 Å². The van der Waals surface area contributed by atoms with Crippen molar-refractivity contribution in [2.24, 2.45) is 0 Å². The maximum absolute atomic E-state index is 5.03. The van der Waals surface area contributed by atoms with Gasteiger partial charge in [0.15, 0.2) is 6.33 Å². The molecule has 1 aromatic carbocycles. The summed E-state index contributed by atoms with van der Waals surface area (Å²) in [6.07, 6.45) is 5.79. The largest absolute Gasteiger partial charge is 0.357 e. The van der Waals surface area contributed by atoms with E-state index in [9.17, 15) is 0 Å². The molecule has 0 saturated carbocycles. The molecule has 5 nitrogen and oxygen atoms in total. The van der Waals surface area contributed by atoms with Gasteiger partial charge in [-0.1, -0.05) is 23.4 Å². The Bertz CT molecular complexity index is 732. The van der Waals surface area contributed by atoms with Crippen LogP contribution in [0.4, 0.5) is 0 Å². The van der Waals surface area contributed by atoms with E-state index in [1.165, 1.54) is 47.8 Å². The Morgan fingerprint density at radius 1 is 1.33 bits per heavy atom. The molecule has 0 saturated heterocycles. The zero-order valence-electron chi connectivity index (χ0n) is 11.8. The molecule has 0 amide bonds. The van der Waals surface area contributed by atoms with E-state index in [1.54, 1.807) is 0 Å². The van der Waals surface area contributed by atoms with E-state index in [-0.39, 0.29) is 0 Å². The van der Waals surface area contributed by atoms with Gasteiger partial charge in [-0.15, -0.1) is 0 Å². The molecule has 0 radical (unpaired) electrons. The number of rotatable bonds is 4. The van der Waals surface area contributed by atoms with Crippen LogP contribution in [0, 0.1) is 0 Å². The van der Waals surface area contributed by atoms with E-state index < -0.39 is 0 Å². The number of fused-ring (bicyclic) bond motifs is 3. The highest BCUT2D eigenvalue weighted by molar-refractivity contribution is 5.85. The predicted molar refractivity (Wildman–Crippen MR) is 80.0 cm³/mol. The van der Waals surface area contributed by atoms with Crippen LogP contribution < -0.4 is 5.32 Å². The number of hydrogen-bond donors (Lipinski definition) is 2. The Labute approximate surface area is 122 Å². The number of H-pyrrole nitrogens is 1. The van der Waals surface area contributed by atoms with E-state index in [2.05, 4.69) is 44.7 Å². The van der Waals surface area contributed by atoms with Crippen LogP contribution >= 0.6 is 0 Å². The third-order valence-corrected chi connectivity index (χ3v) is 4.25. The molecule has 2 N–H and O–H groups in total. The maximum atomic E-state index is 5.03. The summed E-state index contributed by atoms with van der Waals surface area (Å²) in [5, 5.41) is 8.62. The zero-order valence-corrected chi connectivity index (χ0v) is 11.8. The molecule has 2 heterocycles. The molecule has 0 fully saturated rings. The molecule has 0 bridgehead atoms. The van der Waals surface area contributed by atoms with E-state index >= 15 is 0 Å². The SMILES string of the molecule is c1ccc2c3c([nH]c2c1)C(NCCc1ncno1)CCC3. The minimum absolute atomic E-state index is 0.393. The summed E-state index contributed by atoms with van der Waals surface area (Å²) < 4.78 is 5.03. The third-order valence-electron chi connectivity index (χ3n) is 4.25. The van der Waals surface area contributed by atoms with Crippen LogP contribution in [0.3, 0.4) is 0 Å². The highest BCUT2D eigenvalue weighted by atomic mass is 16.5. The van der Waals surface area contributed by atoms with Gasteiger partial charge in [0.25, 0.3) is 0 Å². The first kappa shape index (κ1) is 12.6. The molecule has 1 unspecified atom stereocenters. The highest BCUT2D eigenvalue weighted by Gasteiger charge is 2.23. The number of para-hydroxylation sites is 1. The minimum Gasteiger partial charge on any atom is -0.357 e. The van der Waals surface area contributed by atoms with Gasteiger partial charge < -0.3 is 14.8 Å². The monoisotopic (exact) mass is 282 g/mol. The Balaban J connectivity index is 1.53. The van der Waals surface area contributed by atoms with E-state index in [0.29, 0.717) is 11.9 Å². The Morgan fingerprint density at radius 3 is 3.19 bits per heavy atom. The Kier molecular flexibility index (Phi) is 3.20. The van der Waals surface area contributed by atoms with Crippen molar-refractivity contribution in [1.82, 2.24) is 20.4 Å². The molecular weight excluding hydrogens is 264 g/mol. The van der Waals surface area contributed by atoms with Crippen LogP contribution in [-0.2, 0) is 12.8 Å². The zero-order chi connectivity index (χ0) is 14.1. The number of aromatic nitrogens is 3. The van der Waals surface area contributed by atoms with Gasteiger partial charge in [-0.2, -0.15) is 4.98 Å². The summed E-state index contributed by atoms with van der Waals surface area (Å²) in [5.41, 5.74) is 4.08. The highest BCUT2D eigenvalue weighted by Crippen LogP contribution is 2.34. The van der Waals surface area contributed by atoms with Gasteiger partial charge in [0.05, 0.1) is 0 Å². The van der Waals surface area contributed by atoms with E-state index in [4.69, 9.17) is 4.52 Å². The number of nitrogens with one attached hydrogen (secondary N) is 2. The lowest BCUT2D eigenvalue weighted by Crippen LogP contribution is -2.27. The topological polar surface area (TPSA) is 66.7 Å². The molecule has 5 heteroatoms. The van der Waals surface area contributed by atoms with Gasteiger partial charge >= 0.3 is 0 Å². The van der Waals surface area contributed by atoms with Crippen molar-refractivity contribution in [3.63, 3.8) is 0 Å². The summed E-state index contributed by atoms with van der Waals surface area (Å²) in [6, 6.07) is 8.96. The van der Waals surface area contributed by atoms with Crippen molar-refractivity contribution < 1.29 is 4.52 Å². The number of aromatic amines is 1. The van der Waals surface area contributed by atoms with Crippen molar-refractivity contribution in [1.29, 1.82) is 0 Å². The van der Waals surface area contributed by atoms with Crippen molar-refractivity contribution in [2.45, 2.75) is 31.7 Å². The van der Waals surface area contributed by atoms with Gasteiger partial charge in [0.2, 0.25) is 5.89 Å². The number of nitrogens with zero attached hydrogens (tertiary/aromatic N) is 2. The standard InChI is InChI=1S/C16H18N4O/c1-2-6-13-11(4-1)12-5-3-7-14(16(12)20-13)17-9-8-15-18-10-19-21-15/h1-2,4,6,10,14,17,20H,3,5,7-9H2.